The van der Waals surface area contributed by atoms with E-state index in [0.29, 0.717) is 15.8 Å². The van der Waals surface area contributed by atoms with Gasteiger partial charge in [0.15, 0.2) is 6.61 Å². The molecule has 0 spiro atoms. The van der Waals surface area contributed by atoms with Crippen LogP contribution in [0.15, 0.2) is 52.0 Å². The highest BCUT2D eigenvalue weighted by molar-refractivity contribution is 9.10. The van der Waals surface area contributed by atoms with E-state index < -0.39 is 29.5 Å². The molecular formula is C21H19BrF3N3O5. The van der Waals surface area contributed by atoms with Crippen molar-refractivity contribution in [2.45, 2.75) is 19.0 Å². The molecule has 0 aliphatic heterocycles. The van der Waals surface area contributed by atoms with E-state index in [2.05, 4.69) is 36.5 Å². The van der Waals surface area contributed by atoms with E-state index in [9.17, 15) is 27.6 Å². The average Bonchev–Trinajstić information content (AvgIpc) is 2.76. The quantitative estimate of drug-likeness (QED) is 0.291. The molecular weight excluding hydrogens is 511 g/mol. The molecule has 0 heterocycles. The average molecular weight is 530 g/mol. The molecule has 0 saturated heterocycles. The molecule has 33 heavy (non-hydrogen) atoms. The van der Waals surface area contributed by atoms with Gasteiger partial charge in [0.1, 0.15) is 5.75 Å². The van der Waals surface area contributed by atoms with Gasteiger partial charge in [-0.15, -0.1) is 0 Å². The molecule has 0 atom stereocenters. The summed E-state index contributed by atoms with van der Waals surface area (Å²) in [7, 11) is 1.25. The van der Waals surface area contributed by atoms with Crippen molar-refractivity contribution in [3.8, 4) is 5.75 Å². The Morgan fingerprint density at radius 1 is 1.09 bits per heavy atom. The SMILES string of the molecule is COC(=O)COc1ccc(C=NNC(=O)CCC(=O)Nc2cccc(C(F)(F)F)c2)cc1Br. The van der Waals surface area contributed by atoms with Crippen LogP contribution < -0.4 is 15.5 Å². The first-order valence-corrected chi connectivity index (χ1v) is 10.2. The minimum Gasteiger partial charge on any atom is -0.481 e. The summed E-state index contributed by atoms with van der Waals surface area (Å²) in [5, 5.41) is 6.10. The fourth-order valence-corrected chi connectivity index (χ4v) is 2.88. The number of ether oxygens (including phenoxy) is 2. The van der Waals surface area contributed by atoms with Crippen molar-refractivity contribution in [3.05, 3.63) is 58.1 Å². The van der Waals surface area contributed by atoms with Gasteiger partial charge in [-0.1, -0.05) is 6.07 Å². The lowest BCUT2D eigenvalue weighted by Crippen LogP contribution is -2.20. The first kappa shape index (κ1) is 25.8. The van der Waals surface area contributed by atoms with Crippen LogP contribution in [0.3, 0.4) is 0 Å². The van der Waals surface area contributed by atoms with E-state index in [1.807, 2.05) is 0 Å². The van der Waals surface area contributed by atoms with Gasteiger partial charge in [-0.3, -0.25) is 9.59 Å². The molecule has 0 unspecified atom stereocenters. The van der Waals surface area contributed by atoms with Crippen LogP contribution in [0.25, 0.3) is 0 Å². The Labute approximate surface area is 195 Å². The van der Waals surface area contributed by atoms with Crippen LogP contribution in [0.2, 0.25) is 0 Å². The fourth-order valence-electron chi connectivity index (χ4n) is 2.37. The molecule has 2 N–H and O–H groups in total. The molecule has 0 aliphatic carbocycles. The third-order valence-corrected chi connectivity index (χ3v) is 4.60. The third-order valence-electron chi connectivity index (χ3n) is 3.98. The van der Waals surface area contributed by atoms with Crippen LogP contribution in [0, 0.1) is 0 Å². The van der Waals surface area contributed by atoms with Gasteiger partial charge in [-0.25, -0.2) is 10.2 Å². The Kier molecular flexibility index (Phi) is 9.40. The highest BCUT2D eigenvalue weighted by Crippen LogP contribution is 2.30. The number of hydrogen-bond acceptors (Lipinski definition) is 6. The van der Waals surface area contributed by atoms with Crippen LogP contribution in [-0.2, 0) is 25.3 Å². The smallest absolute Gasteiger partial charge is 0.416 e. The molecule has 8 nitrogen and oxygen atoms in total. The summed E-state index contributed by atoms with van der Waals surface area (Å²) < 4.78 is 48.5. The van der Waals surface area contributed by atoms with Crippen molar-refractivity contribution in [1.82, 2.24) is 5.43 Å². The van der Waals surface area contributed by atoms with Gasteiger partial charge in [0, 0.05) is 18.5 Å². The van der Waals surface area contributed by atoms with E-state index in [1.54, 1.807) is 18.2 Å². The lowest BCUT2D eigenvalue weighted by atomic mass is 10.2. The van der Waals surface area contributed by atoms with Crippen LogP contribution in [0.1, 0.15) is 24.0 Å². The number of hydrazone groups is 1. The van der Waals surface area contributed by atoms with E-state index in [4.69, 9.17) is 4.74 Å². The molecule has 2 rings (SSSR count). The summed E-state index contributed by atoms with van der Waals surface area (Å²) in [4.78, 5) is 34.9. The second-order valence-electron chi connectivity index (χ2n) is 6.47. The normalized spacial score (nSPS) is 11.2. The second kappa shape index (κ2) is 12.0. The monoisotopic (exact) mass is 529 g/mol. The summed E-state index contributed by atoms with van der Waals surface area (Å²) in [5.41, 5.74) is 1.96. The van der Waals surface area contributed by atoms with E-state index in [1.165, 1.54) is 25.5 Å². The zero-order chi connectivity index (χ0) is 24.4. The second-order valence-corrected chi connectivity index (χ2v) is 7.33. The van der Waals surface area contributed by atoms with Crippen LogP contribution in [0.4, 0.5) is 18.9 Å². The zero-order valence-corrected chi connectivity index (χ0v) is 18.8. The Morgan fingerprint density at radius 3 is 2.48 bits per heavy atom. The van der Waals surface area contributed by atoms with Gasteiger partial charge in [-0.05, 0) is 57.9 Å². The highest BCUT2D eigenvalue weighted by atomic mass is 79.9. The molecule has 2 amide bonds. The van der Waals surface area contributed by atoms with Crippen molar-refractivity contribution in [1.29, 1.82) is 0 Å². The molecule has 176 valence electrons. The number of esters is 1. The molecule has 0 fully saturated rings. The number of carbonyl (C=O) groups excluding carboxylic acids is 3. The van der Waals surface area contributed by atoms with Crippen LogP contribution in [-0.4, -0.2) is 37.7 Å². The molecule has 0 radical (unpaired) electrons. The van der Waals surface area contributed by atoms with Crippen molar-refractivity contribution in [3.63, 3.8) is 0 Å². The van der Waals surface area contributed by atoms with Gasteiger partial charge < -0.3 is 14.8 Å². The number of halogens is 4. The van der Waals surface area contributed by atoms with Crippen molar-refractivity contribution in [2.75, 3.05) is 19.0 Å². The Morgan fingerprint density at radius 2 is 1.82 bits per heavy atom. The van der Waals surface area contributed by atoms with Gasteiger partial charge >= 0.3 is 12.1 Å². The summed E-state index contributed by atoms with van der Waals surface area (Å²) in [6.07, 6.45) is -3.62. The summed E-state index contributed by atoms with van der Waals surface area (Å²) in [5.74, 6) is -1.28. The topological polar surface area (TPSA) is 106 Å². The van der Waals surface area contributed by atoms with E-state index in [-0.39, 0.29) is 25.1 Å². The molecule has 0 aromatic heterocycles. The maximum Gasteiger partial charge on any atom is 0.416 e. The number of nitrogens with one attached hydrogen (secondary N) is 2. The molecule has 0 aliphatic rings. The predicted molar refractivity (Wildman–Crippen MR) is 117 cm³/mol. The molecule has 0 bridgehead atoms. The summed E-state index contributed by atoms with van der Waals surface area (Å²) in [6.45, 7) is -0.250. The van der Waals surface area contributed by atoms with E-state index >= 15 is 0 Å². The standard InChI is InChI=1S/C21H19BrF3N3O5/c1-32-20(31)12-33-17-6-5-13(9-16(17)22)11-26-28-19(30)8-7-18(29)27-15-4-2-3-14(10-15)21(23,24)25/h2-6,9-11H,7-8,12H2,1H3,(H,27,29)(H,28,30). The number of rotatable bonds is 9. The first-order chi connectivity index (χ1) is 15.6. The number of hydrogen-bond donors (Lipinski definition) is 2. The minimum atomic E-state index is -4.52. The van der Waals surface area contributed by atoms with Crippen LogP contribution in [0.5, 0.6) is 5.75 Å². The first-order valence-electron chi connectivity index (χ1n) is 9.36. The molecule has 2 aromatic rings. The lowest BCUT2D eigenvalue weighted by Gasteiger charge is -2.09. The highest BCUT2D eigenvalue weighted by Gasteiger charge is 2.30. The maximum absolute atomic E-state index is 12.7. The van der Waals surface area contributed by atoms with Gasteiger partial charge in [0.25, 0.3) is 0 Å². The van der Waals surface area contributed by atoms with Crippen LogP contribution >= 0.6 is 15.9 Å². The Bertz CT molecular complexity index is 1040. The van der Waals surface area contributed by atoms with Gasteiger partial charge in [0.05, 0.1) is 23.4 Å². The number of nitrogens with zero attached hydrogens (tertiary/aromatic N) is 1. The largest absolute Gasteiger partial charge is 0.481 e. The molecule has 12 heteroatoms. The Balaban J connectivity index is 1.79. The number of methoxy groups -OCH3 is 1. The lowest BCUT2D eigenvalue weighted by molar-refractivity contribution is -0.143. The number of carbonyl (C=O) groups is 3. The molecule has 0 saturated carbocycles. The summed E-state index contributed by atoms with van der Waals surface area (Å²) in [6, 6.07) is 9.07. The number of anilines is 1. The zero-order valence-electron chi connectivity index (χ0n) is 17.2. The number of alkyl halides is 3. The van der Waals surface area contributed by atoms with Gasteiger partial charge in [-0.2, -0.15) is 18.3 Å². The Hall–Kier alpha value is -3.41. The predicted octanol–water partition coefficient (Wildman–Crippen LogP) is 3.89. The van der Waals surface area contributed by atoms with E-state index in [0.717, 1.165) is 12.1 Å². The minimum absolute atomic E-state index is 0.0159. The van der Waals surface area contributed by atoms with Crippen molar-refractivity contribution in [2.24, 2.45) is 5.10 Å². The van der Waals surface area contributed by atoms with Crippen molar-refractivity contribution < 1.29 is 37.0 Å². The number of benzene rings is 2. The van der Waals surface area contributed by atoms with Crippen molar-refractivity contribution >= 4 is 45.6 Å². The number of amides is 2. The summed E-state index contributed by atoms with van der Waals surface area (Å²) >= 11 is 3.29. The third kappa shape index (κ3) is 8.93. The molecule has 2 aromatic carbocycles. The maximum atomic E-state index is 12.7. The van der Waals surface area contributed by atoms with Gasteiger partial charge in [0.2, 0.25) is 11.8 Å². The fraction of sp³-hybridized carbons (Fsp3) is 0.238.